The van der Waals surface area contributed by atoms with E-state index in [0.29, 0.717) is 18.1 Å². The van der Waals surface area contributed by atoms with Crippen molar-refractivity contribution in [2.45, 2.75) is 71.4 Å². The van der Waals surface area contributed by atoms with Gasteiger partial charge < -0.3 is 23.9 Å². The third-order valence-corrected chi connectivity index (χ3v) is 7.28. The molecule has 0 saturated heterocycles. The van der Waals surface area contributed by atoms with Crippen LogP contribution < -0.4 is 5.32 Å². The fourth-order valence-electron chi connectivity index (χ4n) is 5.27. The maximum Gasteiger partial charge on any atom is 0.408 e. The van der Waals surface area contributed by atoms with Crippen molar-refractivity contribution in [3.63, 3.8) is 0 Å². The first kappa shape index (κ1) is 27.4. The summed E-state index contributed by atoms with van der Waals surface area (Å²) in [4.78, 5) is 27.5. The van der Waals surface area contributed by atoms with Crippen molar-refractivity contribution in [1.29, 1.82) is 0 Å². The first-order chi connectivity index (χ1) is 19.1. The number of rotatable bonds is 5. The molecular formula is C31H37N5O4. The number of nitrogens with one attached hydrogen (secondary N) is 1. The molecule has 0 spiro atoms. The van der Waals surface area contributed by atoms with E-state index in [0.717, 1.165) is 59.0 Å². The van der Waals surface area contributed by atoms with E-state index in [1.54, 1.807) is 4.90 Å². The van der Waals surface area contributed by atoms with Crippen molar-refractivity contribution in [2.24, 2.45) is 0 Å². The normalized spacial score (nSPS) is 15.8. The summed E-state index contributed by atoms with van der Waals surface area (Å²) in [6, 6.07) is 14.2. The van der Waals surface area contributed by atoms with Gasteiger partial charge in [0.15, 0.2) is 0 Å². The molecule has 1 aliphatic heterocycles. The molecule has 3 heterocycles. The molecule has 1 N–H and O–H groups in total. The van der Waals surface area contributed by atoms with E-state index >= 15 is 0 Å². The van der Waals surface area contributed by atoms with E-state index < -0.39 is 5.60 Å². The summed E-state index contributed by atoms with van der Waals surface area (Å²) in [5, 5.41) is 11.9. The predicted octanol–water partition coefficient (Wildman–Crippen LogP) is 5.93. The van der Waals surface area contributed by atoms with Crippen LogP contribution in [0, 0.1) is 0 Å². The molecule has 0 atom stereocenters. The molecule has 210 valence electrons. The lowest BCUT2D eigenvalue weighted by Gasteiger charge is -2.24. The predicted molar refractivity (Wildman–Crippen MR) is 154 cm³/mol. The highest BCUT2D eigenvalue weighted by Gasteiger charge is 2.45. The van der Waals surface area contributed by atoms with Crippen LogP contribution in [0.25, 0.3) is 28.0 Å². The number of likely N-dealkylation sites (N-methyl/N-ethyl adjacent to an activating group) is 1. The van der Waals surface area contributed by atoms with Crippen LogP contribution >= 0.6 is 0 Å². The molecule has 2 aliphatic rings. The van der Waals surface area contributed by atoms with Crippen LogP contribution in [0.4, 0.5) is 4.79 Å². The highest BCUT2D eigenvalue weighted by Crippen LogP contribution is 2.40. The molecule has 6 rings (SSSR count). The third kappa shape index (κ3) is 5.33. The lowest BCUT2D eigenvalue weighted by atomic mass is 10.0. The Kier molecular flexibility index (Phi) is 7.16. The number of benzene rings is 2. The van der Waals surface area contributed by atoms with Gasteiger partial charge in [-0.05, 0) is 87.9 Å². The highest BCUT2D eigenvalue weighted by molar-refractivity contribution is 6.04. The number of nitrogens with zero attached hydrogens (tertiary/aromatic N) is 4. The summed E-state index contributed by atoms with van der Waals surface area (Å²) < 4.78 is 12.9. The largest absolute Gasteiger partial charge is 0.444 e. The monoisotopic (exact) mass is 543 g/mol. The van der Waals surface area contributed by atoms with Gasteiger partial charge in [-0.1, -0.05) is 26.0 Å². The van der Waals surface area contributed by atoms with Crippen molar-refractivity contribution < 1.29 is 18.7 Å². The van der Waals surface area contributed by atoms with Crippen LogP contribution in [-0.4, -0.2) is 56.4 Å². The van der Waals surface area contributed by atoms with Gasteiger partial charge in [-0.2, -0.15) is 0 Å². The van der Waals surface area contributed by atoms with Crippen molar-refractivity contribution in [3.05, 3.63) is 65.7 Å². The number of carbonyl (C=O) groups excluding carboxylic acids is 2. The average Bonchev–Trinajstić information content (AvgIpc) is 3.32. The second-order valence-electron chi connectivity index (χ2n) is 11.4. The van der Waals surface area contributed by atoms with Crippen LogP contribution in [0.3, 0.4) is 0 Å². The third-order valence-electron chi connectivity index (χ3n) is 7.28. The van der Waals surface area contributed by atoms with E-state index in [1.165, 1.54) is 6.39 Å². The fraction of sp³-hybridized carbons (Fsp3) is 0.419. The average molecular weight is 544 g/mol. The highest BCUT2D eigenvalue weighted by atomic mass is 16.6. The smallest absolute Gasteiger partial charge is 0.408 e. The van der Waals surface area contributed by atoms with Gasteiger partial charge in [-0.25, -0.2) is 4.79 Å². The van der Waals surface area contributed by atoms with Gasteiger partial charge in [0.2, 0.25) is 12.3 Å². The van der Waals surface area contributed by atoms with Gasteiger partial charge in [0, 0.05) is 35.8 Å². The Morgan fingerprint density at radius 3 is 2.48 bits per heavy atom. The second-order valence-corrected chi connectivity index (χ2v) is 11.4. The molecular weight excluding hydrogens is 506 g/mol. The van der Waals surface area contributed by atoms with Crippen LogP contribution in [0.1, 0.15) is 69.1 Å². The van der Waals surface area contributed by atoms with Gasteiger partial charge in [0.05, 0.1) is 5.52 Å². The summed E-state index contributed by atoms with van der Waals surface area (Å²) in [7, 11) is 1.84. The second kappa shape index (κ2) is 10.4. The fourth-order valence-corrected chi connectivity index (χ4v) is 5.27. The molecule has 9 nitrogen and oxygen atoms in total. The number of hydrogen-bond donors (Lipinski definition) is 1. The Bertz CT molecular complexity index is 1530. The number of amides is 2. The van der Waals surface area contributed by atoms with Crippen LogP contribution in [0.5, 0.6) is 0 Å². The van der Waals surface area contributed by atoms with Gasteiger partial charge in [-0.15, -0.1) is 10.2 Å². The standard InChI is InChI=1S/C29H31N5O4.C2H6/c1-28(2,3)38-27(36)31-29(12-13-29)16-18-5-8-20(9-6-18)34-23-10-7-19(25-32-30-17-37-25)15-22(23)21-11-14-33(4)26(35)24(21)34;1-2/h5-10,15,17H,11-14,16H2,1-4H3,(H,31,36);1-2H3. The Morgan fingerprint density at radius 1 is 1.12 bits per heavy atom. The Balaban J connectivity index is 0.00000158. The minimum Gasteiger partial charge on any atom is -0.444 e. The summed E-state index contributed by atoms with van der Waals surface area (Å²) in [6.07, 6.45) is 4.28. The van der Waals surface area contributed by atoms with Crippen molar-refractivity contribution in [2.75, 3.05) is 13.6 Å². The van der Waals surface area contributed by atoms with E-state index in [2.05, 4.69) is 32.2 Å². The van der Waals surface area contributed by atoms with Crippen molar-refractivity contribution >= 4 is 22.9 Å². The SMILES string of the molecule is CC.CN1CCc2c(n(-c3ccc(CC4(NC(=O)OC(C)(C)C)CC4)cc3)c3ccc(-c4nnco4)cc23)C1=O. The number of hydrogen-bond acceptors (Lipinski definition) is 6. The number of aromatic nitrogens is 3. The molecule has 9 heteroatoms. The zero-order valence-electron chi connectivity index (χ0n) is 24.1. The molecule has 2 amide bonds. The molecule has 2 aromatic heterocycles. The molecule has 1 saturated carbocycles. The quantitative estimate of drug-likeness (QED) is 0.335. The molecule has 1 fully saturated rings. The van der Waals surface area contributed by atoms with Gasteiger partial charge in [0.1, 0.15) is 11.3 Å². The van der Waals surface area contributed by atoms with Crippen LogP contribution in [0.2, 0.25) is 0 Å². The molecule has 40 heavy (non-hydrogen) atoms. The van der Waals surface area contributed by atoms with E-state index in [1.807, 2.05) is 72.0 Å². The topological polar surface area (TPSA) is 102 Å². The first-order valence-electron chi connectivity index (χ1n) is 13.9. The van der Waals surface area contributed by atoms with Gasteiger partial charge >= 0.3 is 6.09 Å². The number of carbonyl (C=O) groups is 2. The Hall–Kier alpha value is -4.14. The number of alkyl carbamates (subject to hydrolysis) is 1. The molecule has 0 bridgehead atoms. The van der Waals surface area contributed by atoms with E-state index in [-0.39, 0.29) is 17.5 Å². The maximum absolute atomic E-state index is 13.4. The lowest BCUT2D eigenvalue weighted by Crippen LogP contribution is -2.41. The van der Waals surface area contributed by atoms with Gasteiger partial charge in [0.25, 0.3) is 5.91 Å². The zero-order chi connectivity index (χ0) is 28.7. The number of ether oxygens (including phenoxy) is 1. The van der Waals surface area contributed by atoms with Gasteiger partial charge in [-0.3, -0.25) is 4.79 Å². The summed E-state index contributed by atoms with van der Waals surface area (Å²) in [6.45, 7) is 10.3. The minimum atomic E-state index is -0.530. The summed E-state index contributed by atoms with van der Waals surface area (Å²) >= 11 is 0. The molecule has 0 radical (unpaired) electrons. The Morgan fingerprint density at radius 2 is 1.85 bits per heavy atom. The Labute approximate surface area is 234 Å². The van der Waals surface area contributed by atoms with Crippen LogP contribution in [0.15, 0.2) is 53.3 Å². The number of fused-ring (bicyclic) bond motifs is 3. The van der Waals surface area contributed by atoms with E-state index in [4.69, 9.17) is 9.15 Å². The minimum absolute atomic E-state index is 0.00404. The van der Waals surface area contributed by atoms with Crippen LogP contribution in [-0.2, 0) is 17.6 Å². The summed E-state index contributed by atoms with van der Waals surface area (Å²) in [5.74, 6) is 0.454. The molecule has 2 aromatic carbocycles. The zero-order valence-corrected chi connectivity index (χ0v) is 24.1. The maximum atomic E-state index is 13.4. The summed E-state index contributed by atoms with van der Waals surface area (Å²) in [5.41, 5.74) is 4.75. The van der Waals surface area contributed by atoms with Crippen molar-refractivity contribution in [3.8, 4) is 17.1 Å². The molecule has 1 aliphatic carbocycles. The molecule has 0 unspecified atom stereocenters. The molecule has 4 aromatic rings. The van der Waals surface area contributed by atoms with Crippen molar-refractivity contribution in [1.82, 2.24) is 25.0 Å². The van der Waals surface area contributed by atoms with E-state index in [9.17, 15) is 9.59 Å². The lowest BCUT2D eigenvalue weighted by molar-refractivity contribution is 0.0496. The first-order valence-corrected chi connectivity index (χ1v) is 13.9.